The highest BCUT2D eigenvalue weighted by Gasteiger charge is 2.32. The molecule has 0 spiro atoms. The predicted octanol–water partition coefficient (Wildman–Crippen LogP) is 0.693. The maximum absolute atomic E-state index is 11.0. The van der Waals surface area contributed by atoms with E-state index in [9.17, 15) is 4.79 Å². The van der Waals surface area contributed by atoms with Crippen LogP contribution in [-0.4, -0.2) is 60.4 Å². The molecule has 0 aromatic rings. The summed E-state index contributed by atoms with van der Waals surface area (Å²) in [5.41, 5.74) is 0. The highest BCUT2D eigenvalue weighted by molar-refractivity contribution is 5.73. The lowest BCUT2D eigenvalue weighted by molar-refractivity contribution is -0.140. The highest BCUT2D eigenvalue weighted by atomic mass is 16.5. The number of hydrogen-bond acceptors (Lipinski definition) is 4. The van der Waals surface area contributed by atoms with Gasteiger partial charge in [0.25, 0.3) is 0 Å². The van der Waals surface area contributed by atoms with E-state index in [1.165, 1.54) is 19.4 Å². The summed E-state index contributed by atoms with van der Waals surface area (Å²) >= 11 is 0. The van der Waals surface area contributed by atoms with Crippen LogP contribution in [0.1, 0.15) is 32.6 Å². The number of rotatable bonds is 6. The molecule has 0 radical (unpaired) electrons. The molecule has 0 saturated carbocycles. The normalized spacial score (nSPS) is 30.1. The van der Waals surface area contributed by atoms with E-state index in [2.05, 4.69) is 10.2 Å². The topological polar surface area (TPSA) is 61.8 Å². The SMILES string of the molecule is CCCC(NCC1CN2CCCC2CO1)C(=O)O. The number of carboxylic acid groups (broad SMARTS) is 1. The van der Waals surface area contributed by atoms with Crippen LogP contribution in [-0.2, 0) is 9.53 Å². The number of fused-ring (bicyclic) bond motifs is 1. The van der Waals surface area contributed by atoms with Crippen LogP contribution in [0.25, 0.3) is 0 Å². The van der Waals surface area contributed by atoms with Crippen molar-refractivity contribution in [3.63, 3.8) is 0 Å². The largest absolute Gasteiger partial charge is 0.480 e. The number of aliphatic carboxylic acids is 1. The molecule has 2 saturated heterocycles. The van der Waals surface area contributed by atoms with Gasteiger partial charge in [-0.1, -0.05) is 13.3 Å². The smallest absolute Gasteiger partial charge is 0.320 e. The van der Waals surface area contributed by atoms with Crippen molar-refractivity contribution in [3.8, 4) is 0 Å². The number of carbonyl (C=O) groups is 1. The van der Waals surface area contributed by atoms with Gasteiger partial charge in [0.05, 0.1) is 12.7 Å². The van der Waals surface area contributed by atoms with Gasteiger partial charge in [-0.3, -0.25) is 9.69 Å². The van der Waals surface area contributed by atoms with E-state index in [-0.39, 0.29) is 6.10 Å². The van der Waals surface area contributed by atoms with Crippen LogP contribution < -0.4 is 5.32 Å². The predicted molar refractivity (Wildman–Crippen MR) is 68.7 cm³/mol. The molecule has 0 aromatic carbocycles. The van der Waals surface area contributed by atoms with Crippen molar-refractivity contribution in [2.75, 3.05) is 26.2 Å². The summed E-state index contributed by atoms with van der Waals surface area (Å²) in [7, 11) is 0. The summed E-state index contributed by atoms with van der Waals surface area (Å²) in [6, 6.07) is 0.169. The summed E-state index contributed by atoms with van der Waals surface area (Å²) in [5, 5.41) is 12.2. The van der Waals surface area contributed by atoms with Gasteiger partial charge in [0, 0.05) is 19.1 Å². The first-order valence-corrected chi connectivity index (χ1v) is 7.02. The zero-order valence-electron chi connectivity index (χ0n) is 11.1. The van der Waals surface area contributed by atoms with Gasteiger partial charge in [-0.05, 0) is 25.8 Å². The van der Waals surface area contributed by atoms with Crippen molar-refractivity contribution in [3.05, 3.63) is 0 Å². The van der Waals surface area contributed by atoms with Crippen molar-refractivity contribution >= 4 is 5.97 Å². The molecule has 0 aliphatic carbocycles. The third-order valence-electron chi connectivity index (χ3n) is 3.93. The van der Waals surface area contributed by atoms with Gasteiger partial charge < -0.3 is 15.2 Å². The molecule has 0 aromatic heterocycles. The summed E-state index contributed by atoms with van der Waals surface area (Å²) in [5.74, 6) is -0.758. The molecule has 3 unspecified atom stereocenters. The fraction of sp³-hybridized carbons (Fsp3) is 0.923. The quantitative estimate of drug-likeness (QED) is 0.732. The number of hydrogen-bond donors (Lipinski definition) is 2. The molecule has 5 nitrogen and oxygen atoms in total. The van der Waals surface area contributed by atoms with E-state index in [0.29, 0.717) is 19.0 Å². The summed E-state index contributed by atoms with van der Waals surface area (Å²) in [4.78, 5) is 13.5. The first-order valence-electron chi connectivity index (χ1n) is 7.02. The lowest BCUT2D eigenvalue weighted by Gasteiger charge is -2.35. The van der Waals surface area contributed by atoms with Gasteiger partial charge in [-0.15, -0.1) is 0 Å². The van der Waals surface area contributed by atoms with Crippen LogP contribution in [0.4, 0.5) is 0 Å². The number of nitrogens with zero attached hydrogens (tertiary/aromatic N) is 1. The van der Waals surface area contributed by atoms with Crippen LogP contribution in [0.2, 0.25) is 0 Å². The van der Waals surface area contributed by atoms with Crippen LogP contribution in [0.15, 0.2) is 0 Å². The molecule has 2 aliphatic rings. The molecule has 2 heterocycles. The second kappa shape index (κ2) is 6.50. The lowest BCUT2D eigenvalue weighted by atomic mass is 10.1. The van der Waals surface area contributed by atoms with E-state index >= 15 is 0 Å². The highest BCUT2D eigenvalue weighted by Crippen LogP contribution is 2.22. The third-order valence-corrected chi connectivity index (χ3v) is 3.93. The Kier molecular flexibility index (Phi) is 4.97. The maximum atomic E-state index is 11.0. The van der Waals surface area contributed by atoms with Gasteiger partial charge in [0.1, 0.15) is 6.04 Å². The number of carboxylic acids is 1. The Morgan fingerprint density at radius 3 is 3.17 bits per heavy atom. The fourth-order valence-electron chi connectivity index (χ4n) is 2.88. The zero-order chi connectivity index (χ0) is 13.0. The Morgan fingerprint density at radius 1 is 1.61 bits per heavy atom. The van der Waals surface area contributed by atoms with Crippen molar-refractivity contribution in [2.24, 2.45) is 0 Å². The standard InChI is InChI=1S/C13H24N2O3/c1-2-4-12(13(16)17)14-7-11-8-15-6-3-5-10(15)9-18-11/h10-12,14H,2-9H2,1H3,(H,16,17). The molecule has 0 bridgehead atoms. The molecule has 3 atom stereocenters. The average Bonchev–Trinajstić information content (AvgIpc) is 2.81. The van der Waals surface area contributed by atoms with E-state index in [4.69, 9.17) is 9.84 Å². The van der Waals surface area contributed by atoms with E-state index in [1.54, 1.807) is 0 Å². The Balaban J connectivity index is 1.74. The minimum absolute atomic E-state index is 0.137. The van der Waals surface area contributed by atoms with Gasteiger partial charge in [0.15, 0.2) is 0 Å². The Hall–Kier alpha value is -0.650. The summed E-state index contributed by atoms with van der Waals surface area (Å²) in [6.45, 7) is 5.56. The average molecular weight is 256 g/mol. The van der Waals surface area contributed by atoms with E-state index in [1.807, 2.05) is 6.92 Å². The first kappa shape index (κ1) is 13.8. The molecule has 2 fully saturated rings. The third kappa shape index (κ3) is 3.43. The Labute approximate surface area is 108 Å². The maximum Gasteiger partial charge on any atom is 0.320 e. The molecule has 104 valence electrons. The van der Waals surface area contributed by atoms with E-state index < -0.39 is 12.0 Å². The van der Waals surface area contributed by atoms with Gasteiger partial charge >= 0.3 is 5.97 Å². The molecule has 2 rings (SSSR count). The molecule has 0 amide bonds. The second-order valence-electron chi connectivity index (χ2n) is 5.33. The number of nitrogens with one attached hydrogen (secondary N) is 1. The van der Waals surface area contributed by atoms with E-state index in [0.717, 1.165) is 19.6 Å². The van der Waals surface area contributed by atoms with Crippen LogP contribution in [0, 0.1) is 0 Å². The lowest BCUT2D eigenvalue weighted by Crippen LogP contribution is -2.51. The van der Waals surface area contributed by atoms with Crippen molar-refractivity contribution in [1.29, 1.82) is 0 Å². The minimum Gasteiger partial charge on any atom is -0.480 e. The number of ether oxygens (including phenoxy) is 1. The Bertz CT molecular complexity index is 285. The molecule has 5 heteroatoms. The van der Waals surface area contributed by atoms with Crippen molar-refractivity contribution in [2.45, 2.75) is 50.8 Å². The summed E-state index contributed by atoms with van der Waals surface area (Å²) in [6.07, 6.45) is 4.20. The van der Waals surface area contributed by atoms with Gasteiger partial charge in [-0.25, -0.2) is 0 Å². The van der Waals surface area contributed by atoms with Gasteiger partial charge in [-0.2, -0.15) is 0 Å². The Morgan fingerprint density at radius 2 is 2.44 bits per heavy atom. The molecular formula is C13H24N2O3. The minimum atomic E-state index is -0.758. The molecular weight excluding hydrogens is 232 g/mol. The van der Waals surface area contributed by atoms with Crippen LogP contribution >= 0.6 is 0 Å². The second-order valence-corrected chi connectivity index (χ2v) is 5.33. The summed E-state index contributed by atoms with van der Waals surface area (Å²) < 4.78 is 5.80. The molecule has 18 heavy (non-hydrogen) atoms. The van der Waals surface area contributed by atoms with Gasteiger partial charge in [0.2, 0.25) is 0 Å². The molecule has 2 N–H and O–H groups in total. The fourth-order valence-corrected chi connectivity index (χ4v) is 2.88. The molecule has 2 aliphatic heterocycles. The zero-order valence-corrected chi connectivity index (χ0v) is 11.1. The van der Waals surface area contributed by atoms with Crippen molar-refractivity contribution < 1.29 is 14.6 Å². The van der Waals surface area contributed by atoms with Crippen LogP contribution in [0.3, 0.4) is 0 Å². The first-order chi connectivity index (χ1) is 8.70. The van der Waals surface area contributed by atoms with Crippen molar-refractivity contribution in [1.82, 2.24) is 10.2 Å². The monoisotopic (exact) mass is 256 g/mol. The number of morpholine rings is 1. The van der Waals surface area contributed by atoms with Crippen LogP contribution in [0.5, 0.6) is 0 Å².